The average Bonchev–Trinajstić information content (AvgIpc) is 3.08. The Morgan fingerprint density at radius 2 is 1.67 bits per heavy atom. The molecule has 2 heterocycles. The molecule has 0 atom stereocenters. The molecule has 2 aliphatic heterocycles. The fourth-order valence-electron chi connectivity index (χ4n) is 6.81. The van der Waals surface area contributed by atoms with E-state index in [-0.39, 0.29) is 36.7 Å². The van der Waals surface area contributed by atoms with E-state index in [9.17, 15) is 29.2 Å². The van der Waals surface area contributed by atoms with E-state index >= 15 is 0 Å². The first kappa shape index (κ1) is 31.5. The van der Waals surface area contributed by atoms with Gasteiger partial charge in [-0.25, -0.2) is 14.5 Å². The Bertz CT molecular complexity index is 1220. The molecule has 13 nitrogen and oxygen atoms in total. The van der Waals surface area contributed by atoms with E-state index in [1.54, 1.807) is 0 Å². The lowest BCUT2D eigenvalue weighted by molar-refractivity contribution is -0.152. The Morgan fingerprint density at radius 1 is 1.02 bits per heavy atom. The average molecular weight is 602 g/mol. The number of hydrogen-bond acceptors (Lipinski definition) is 9. The van der Waals surface area contributed by atoms with Crippen LogP contribution >= 0.6 is 0 Å². The van der Waals surface area contributed by atoms with Gasteiger partial charge < -0.3 is 16.2 Å². The highest BCUT2D eigenvalue weighted by molar-refractivity contribution is 6.76. The minimum atomic E-state index is -1.34. The Labute approximate surface area is 247 Å². The van der Waals surface area contributed by atoms with Gasteiger partial charge in [0.25, 0.3) is 17.7 Å². The first-order valence-electron chi connectivity index (χ1n) is 14.7. The molecular formula is C28H43N7O6Si. The number of carbonyl (C=O) groups excluding carboxylic acids is 5. The lowest BCUT2D eigenvalue weighted by Gasteiger charge is -2.58. The predicted molar refractivity (Wildman–Crippen MR) is 154 cm³/mol. The fraction of sp³-hybridized carbons (Fsp3) is 0.714. The summed E-state index contributed by atoms with van der Waals surface area (Å²) in [6.45, 7) is 8.90. The highest BCUT2D eigenvalue weighted by Crippen LogP contribution is 2.61. The van der Waals surface area contributed by atoms with Crippen LogP contribution in [0, 0.1) is 16.7 Å². The van der Waals surface area contributed by atoms with Crippen molar-refractivity contribution in [2.24, 2.45) is 16.9 Å². The number of barbiturate groups is 1. The Morgan fingerprint density at radius 3 is 2.21 bits per heavy atom. The number of nitrogens with two attached hydrogens (primary N) is 2. The third-order valence-corrected chi connectivity index (χ3v) is 10.8. The normalized spacial score (nSPS) is 28.3. The number of amides is 7. The number of rotatable bonds is 10. The molecular weight excluding hydrogens is 558 g/mol. The van der Waals surface area contributed by atoms with Crippen LogP contribution in [-0.4, -0.2) is 95.5 Å². The zero-order valence-corrected chi connectivity index (χ0v) is 26.1. The maximum absolute atomic E-state index is 13.6. The predicted octanol–water partition coefficient (Wildman–Crippen LogP) is 2.27. The summed E-state index contributed by atoms with van der Waals surface area (Å²) < 4.78 is 5.72. The summed E-state index contributed by atoms with van der Waals surface area (Å²) in [4.78, 5) is 70.9. The molecule has 4 N–H and O–H groups in total. The molecule has 4 rings (SSSR count). The summed E-state index contributed by atoms with van der Waals surface area (Å²) in [5.74, 6) is -2.28. The van der Waals surface area contributed by atoms with Gasteiger partial charge in [0.05, 0.1) is 6.07 Å². The molecule has 0 aromatic rings. The molecule has 0 aromatic heterocycles. The van der Waals surface area contributed by atoms with Gasteiger partial charge >= 0.3 is 12.1 Å². The summed E-state index contributed by atoms with van der Waals surface area (Å²) in [5.41, 5.74) is 9.69. The van der Waals surface area contributed by atoms with E-state index in [0.717, 1.165) is 27.2 Å². The number of nitrogens with zero attached hydrogens (tertiary/aromatic N) is 5. The maximum atomic E-state index is 13.6. The van der Waals surface area contributed by atoms with E-state index in [4.69, 9.17) is 16.2 Å². The molecule has 2 saturated carbocycles. The van der Waals surface area contributed by atoms with Crippen LogP contribution in [0.25, 0.3) is 0 Å². The first-order chi connectivity index (χ1) is 19.7. The largest absolute Gasteiger partial charge is 0.385 e. The van der Waals surface area contributed by atoms with Crippen molar-refractivity contribution in [2.45, 2.75) is 95.6 Å². The molecule has 0 radical (unpaired) electrons. The topological polar surface area (TPSA) is 183 Å². The summed E-state index contributed by atoms with van der Waals surface area (Å²) in [6.07, 6.45) is 4.34. The number of hydrogen-bond donors (Lipinski definition) is 2. The van der Waals surface area contributed by atoms with Gasteiger partial charge in [-0.3, -0.25) is 29.1 Å². The van der Waals surface area contributed by atoms with Crippen LogP contribution in [0.5, 0.6) is 0 Å². The summed E-state index contributed by atoms with van der Waals surface area (Å²) in [7, 11) is -1.34. The van der Waals surface area contributed by atoms with Crippen molar-refractivity contribution in [1.29, 1.82) is 5.26 Å². The van der Waals surface area contributed by atoms with E-state index in [1.807, 2.05) is 13.0 Å². The van der Waals surface area contributed by atoms with Gasteiger partial charge in [0.2, 0.25) is 0 Å². The van der Waals surface area contributed by atoms with Crippen LogP contribution in [0.15, 0.2) is 11.4 Å². The van der Waals surface area contributed by atoms with Crippen molar-refractivity contribution in [3.63, 3.8) is 0 Å². The van der Waals surface area contributed by atoms with Gasteiger partial charge in [-0.1, -0.05) is 33.0 Å². The standard InChI is InChI=1S/C28H43N7O6Si/c1-5-6-12-32-22(36)20(21(30)31)23(37)35(26(32)40)19-7-9-27(10-8-19)16-28(17-27)24(38)33(25(39)34(28)13-11-29)18-41-14-15-42(2,3)4/h19H,5-10,12-18,30-31H2,1-4H3. The van der Waals surface area contributed by atoms with Gasteiger partial charge in [0.1, 0.15) is 30.2 Å². The first-order valence-corrected chi connectivity index (χ1v) is 18.5. The molecule has 0 unspecified atom stereocenters. The minimum Gasteiger partial charge on any atom is -0.385 e. The summed E-state index contributed by atoms with van der Waals surface area (Å²) in [5, 5.41) is 9.44. The molecule has 0 aromatic carbocycles. The molecule has 2 spiro atoms. The van der Waals surface area contributed by atoms with Gasteiger partial charge in [0, 0.05) is 27.3 Å². The molecule has 2 saturated heterocycles. The number of nitriles is 1. The Kier molecular flexibility index (Phi) is 8.76. The summed E-state index contributed by atoms with van der Waals surface area (Å²) in [6, 6.07) is 1.32. The van der Waals surface area contributed by atoms with Crippen molar-refractivity contribution in [3.05, 3.63) is 11.4 Å². The van der Waals surface area contributed by atoms with Crippen molar-refractivity contribution in [2.75, 3.05) is 26.4 Å². The fourth-order valence-corrected chi connectivity index (χ4v) is 7.57. The monoisotopic (exact) mass is 601 g/mol. The molecule has 42 heavy (non-hydrogen) atoms. The third kappa shape index (κ3) is 5.51. The SMILES string of the molecule is CCCCN1C(=O)C(=C(N)N)C(=O)N(C2CCC3(CC2)CC2(C3)C(=O)N(COCC[Si](C)(C)C)C(=O)N2CC#N)C1=O. The van der Waals surface area contributed by atoms with Crippen LogP contribution in [0.4, 0.5) is 9.59 Å². The number of ether oxygens (including phenoxy) is 1. The van der Waals surface area contributed by atoms with Crippen molar-refractivity contribution in [3.8, 4) is 6.07 Å². The second kappa shape index (κ2) is 11.7. The van der Waals surface area contributed by atoms with Crippen molar-refractivity contribution >= 4 is 37.9 Å². The van der Waals surface area contributed by atoms with Gasteiger partial charge in [-0.2, -0.15) is 5.26 Å². The quantitative estimate of drug-likeness (QED) is 0.0947. The van der Waals surface area contributed by atoms with Crippen LogP contribution in [0.3, 0.4) is 0 Å². The number of imide groups is 3. The van der Waals surface area contributed by atoms with Gasteiger partial charge in [-0.05, 0) is 56.4 Å². The lowest BCUT2D eigenvalue weighted by Crippen LogP contribution is -2.65. The lowest BCUT2D eigenvalue weighted by atomic mass is 9.51. The molecule has 0 bridgehead atoms. The number of urea groups is 2. The Hall–Kier alpha value is -3.44. The molecule has 230 valence electrons. The van der Waals surface area contributed by atoms with Crippen LogP contribution < -0.4 is 11.5 Å². The summed E-state index contributed by atoms with van der Waals surface area (Å²) >= 11 is 0. The molecule has 14 heteroatoms. The Balaban J connectivity index is 1.45. The second-order valence-electron chi connectivity index (χ2n) is 13.3. The minimum absolute atomic E-state index is 0.131. The maximum Gasteiger partial charge on any atom is 0.334 e. The zero-order valence-electron chi connectivity index (χ0n) is 25.1. The van der Waals surface area contributed by atoms with Gasteiger partial charge in [-0.15, -0.1) is 0 Å². The molecule has 4 fully saturated rings. The van der Waals surface area contributed by atoms with E-state index in [0.29, 0.717) is 51.6 Å². The highest BCUT2D eigenvalue weighted by Gasteiger charge is 2.68. The van der Waals surface area contributed by atoms with Crippen molar-refractivity contribution < 1.29 is 28.7 Å². The van der Waals surface area contributed by atoms with E-state index in [2.05, 4.69) is 19.6 Å². The molecule has 7 amide bonds. The van der Waals surface area contributed by atoms with Gasteiger partial charge in [0.15, 0.2) is 0 Å². The van der Waals surface area contributed by atoms with Crippen LogP contribution in [-0.2, 0) is 19.1 Å². The van der Waals surface area contributed by atoms with E-state index in [1.165, 1.54) is 4.90 Å². The molecule has 4 aliphatic rings. The number of unbranched alkanes of at least 4 members (excludes halogenated alkanes) is 1. The third-order valence-electron chi connectivity index (χ3n) is 9.14. The molecule has 2 aliphatic carbocycles. The number of carbonyl (C=O) groups is 5. The van der Waals surface area contributed by atoms with Crippen molar-refractivity contribution in [1.82, 2.24) is 19.6 Å². The highest BCUT2D eigenvalue weighted by atomic mass is 28.3. The zero-order chi connectivity index (χ0) is 31.0. The smallest absolute Gasteiger partial charge is 0.334 e. The van der Waals surface area contributed by atoms with E-state index < -0.39 is 49.4 Å². The second-order valence-corrected chi connectivity index (χ2v) is 18.9. The van der Waals surface area contributed by atoms with Crippen LogP contribution in [0.2, 0.25) is 25.7 Å². The van der Waals surface area contributed by atoms with Crippen LogP contribution in [0.1, 0.15) is 58.3 Å².